The van der Waals surface area contributed by atoms with Crippen molar-refractivity contribution in [2.45, 2.75) is 27.2 Å². The molecule has 0 saturated carbocycles. The number of anilines is 1. The molecule has 1 atom stereocenters. The van der Waals surface area contributed by atoms with Gasteiger partial charge in [-0.2, -0.15) is 0 Å². The summed E-state index contributed by atoms with van der Waals surface area (Å²) in [6.45, 7) is 7.76. The van der Waals surface area contributed by atoms with Crippen LogP contribution in [0.1, 0.15) is 26.0 Å². The second-order valence-corrected chi connectivity index (χ2v) is 6.31. The average Bonchev–Trinajstić information content (AvgIpc) is 2.84. The lowest BCUT2D eigenvalue weighted by Gasteiger charge is -2.30. The zero-order valence-electron chi connectivity index (χ0n) is 11.6. The van der Waals surface area contributed by atoms with Gasteiger partial charge in [0.15, 0.2) is 0 Å². The van der Waals surface area contributed by atoms with Crippen molar-refractivity contribution in [3.8, 4) is 0 Å². The van der Waals surface area contributed by atoms with Gasteiger partial charge >= 0.3 is 0 Å². The maximum absolute atomic E-state index is 12.6. The van der Waals surface area contributed by atoms with Crippen LogP contribution in [0.15, 0.2) is 16.6 Å². The van der Waals surface area contributed by atoms with Crippen molar-refractivity contribution >= 4 is 27.7 Å². The zero-order chi connectivity index (χ0) is 14.0. The normalized spacial score (nSPS) is 22.8. The number of pyridine rings is 1. The molecule has 19 heavy (non-hydrogen) atoms. The summed E-state index contributed by atoms with van der Waals surface area (Å²) < 4.78 is 0.951. The maximum Gasteiger partial charge on any atom is 0.233 e. The first kappa shape index (κ1) is 14.5. The molecule has 0 radical (unpaired) electrons. The summed E-state index contributed by atoms with van der Waals surface area (Å²) in [5.74, 6) is 0.999. The number of nitrogens with zero attached hydrogens (tertiary/aromatic N) is 1. The minimum absolute atomic E-state index is 0.0710. The van der Waals surface area contributed by atoms with Gasteiger partial charge in [-0.1, -0.05) is 13.8 Å². The molecule has 104 valence electrons. The molecule has 0 aliphatic carbocycles. The van der Waals surface area contributed by atoms with E-state index in [-0.39, 0.29) is 11.3 Å². The van der Waals surface area contributed by atoms with Crippen molar-refractivity contribution in [1.82, 2.24) is 10.3 Å². The second kappa shape index (κ2) is 5.59. The fraction of sp³-hybridized carbons (Fsp3) is 0.571. The molecule has 4 nitrogen and oxygen atoms in total. The summed E-state index contributed by atoms with van der Waals surface area (Å²) in [6.07, 6.45) is 0.881. The van der Waals surface area contributed by atoms with Crippen LogP contribution in [-0.2, 0) is 4.79 Å². The quantitative estimate of drug-likeness (QED) is 0.898. The van der Waals surface area contributed by atoms with Gasteiger partial charge in [0.05, 0.1) is 11.1 Å². The molecule has 2 rings (SSSR count). The highest BCUT2D eigenvalue weighted by atomic mass is 79.9. The summed E-state index contributed by atoms with van der Waals surface area (Å²) in [5.41, 5.74) is 0.559. The molecule has 2 N–H and O–H groups in total. The molecule has 1 unspecified atom stereocenters. The van der Waals surface area contributed by atoms with E-state index in [1.165, 1.54) is 0 Å². The van der Waals surface area contributed by atoms with E-state index in [2.05, 4.69) is 45.4 Å². The molecule has 0 aromatic carbocycles. The van der Waals surface area contributed by atoms with E-state index in [1.807, 2.05) is 19.1 Å². The van der Waals surface area contributed by atoms with Gasteiger partial charge in [-0.3, -0.25) is 4.79 Å². The van der Waals surface area contributed by atoms with E-state index in [0.29, 0.717) is 11.7 Å². The first-order valence-corrected chi connectivity index (χ1v) is 7.40. The van der Waals surface area contributed by atoms with Crippen LogP contribution < -0.4 is 10.6 Å². The van der Waals surface area contributed by atoms with Crippen molar-refractivity contribution in [2.75, 3.05) is 18.4 Å². The molecule has 0 spiro atoms. The lowest BCUT2D eigenvalue weighted by molar-refractivity contribution is -0.126. The Labute approximate surface area is 122 Å². The number of carbonyl (C=O) groups excluding carboxylic acids is 1. The Morgan fingerprint density at radius 1 is 1.53 bits per heavy atom. The molecule has 1 amide bonds. The van der Waals surface area contributed by atoms with E-state index in [4.69, 9.17) is 0 Å². The smallest absolute Gasteiger partial charge is 0.233 e. The van der Waals surface area contributed by atoms with E-state index in [1.54, 1.807) is 0 Å². The monoisotopic (exact) mass is 325 g/mol. The van der Waals surface area contributed by atoms with Gasteiger partial charge < -0.3 is 10.6 Å². The summed E-state index contributed by atoms with van der Waals surface area (Å²) in [4.78, 5) is 16.9. The minimum atomic E-state index is -0.317. The maximum atomic E-state index is 12.6. The van der Waals surface area contributed by atoms with E-state index < -0.39 is 0 Å². The molecule has 1 fully saturated rings. The highest BCUT2D eigenvalue weighted by Gasteiger charge is 2.43. The van der Waals surface area contributed by atoms with Crippen LogP contribution in [0.2, 0.25) is 0 Å². The molecular formula is C14H20BrN3O. The summed E-state index contributed by atoms with van der Waals surface area (Å²) in [7, 11) is 0. The number of halogens is 1. The van der Waals surface area contributed by atoms with Crippen LogP contribution in [0.25, 0.3) is 0 Å². The Bertz CT molecular complexity index is 482. The number of amides is 1. The third-order valence-corrected chi connectivity index (χ3v) is 4.85. The highest BCUT2D eigenvalue weighted by Crippen LogP contribution is 2.35. The van der Waals surface area contributed by atoms with Crippen LogP contribution in [0.3, 0.4) is 0 Å². The van der Waals surface area contributed by atoms with Crippen molar-refractivity contribution in [3.63, 3.8) is 0 Å². The number of hydrogen-bond donors (Lipinski definition) is 2. The summed E-state index contributed by atoms with van der Waals surface area (Å²) in [5, 5.41) is 6.26. The van der Waals surface area contributed by atoms with Crippen LogP contribution >= 0.6 is 15.9 Å². The van der Waals surface area contributed by atoms with Crippen LogP contribution in [0.4, 0.5) is 5.82 Å². The summed E-state index contributed by atoms with van der Waals surface area (Å²) >= 11 is 3.41. The molecular weight excluding hydrogens is 306 g/mol. The third-order valence-electron chi connectivity index (χ3n) is 4.01. The van der Waals surface area contributed by atoms with Gasteiger partial charge in [-0.25, -0.2) is 4.98 Å². The van der Waals surface area contributed by atoms with Crippen molar-refractivity contribution in [2.24, 2.45) is 11.3 Å². The van der Waals surface area contributed by atoms with Gasteiger partial charge in [0.1, 0.15) is 5.82 Å². The summed E-state index contributed by atoms with van der Waals surface area (Å²) in [6, 6.07) is 3.73. The Balaban J connectivity index is 2.17. The fourth-order valence-corrected chi connectivity index (χ4v) is 2.74. The molecule has 1 aromatic rings. The van der Waals surface area contributed by atoms with Crippen molar-refractivity contribution < 1.29 is 4.79 Å². The van der Waals surface area contributed by atoms with Crippen LogP contribution in [0.5, 0.6) is 0 Å². The van der Waals surface area contributed by atoms with Crippen molar-refractivity contribution in [3.05, 3.63) is 22.3 Å². The Morgan fingerprint density at radius 3 is 2.79 bits per heavy atom. The average molecular weight is 326 g/mol. The van der Waals surface area contributed by atoms with Gasteiger partial charge in [0.25, 0.3) is 0 Å². The van der Waals surface area contributed by atoms with Gasteiger partial charge in [-0.15, -0.1) is 0 Å². The van der Waals surface area contributed by atoms with E-state index >= 15 is 0 Å². The predicted molar refractivity (Wildman–Crippen MR) is 80.1 cm³/mol. The van der Waals surface area contributed by atoms with Gasteiger partial charge in [0, 0.05) is 11.0 Å². The van der Waals surface area contributed by atoms with E-state index in [9.17, 15) is 4.79 Å². The number of carbonyl (C=O) groups is 1. The molecule has 5 heteroatoms. The molecule has 1 aliphatic rings. The zero-order valence-corrected chi connectivity index (χ0v) is 13.2. The molecule has 2 heterocycles. The molecule has 0 bridgehead atoms. The largest absolute Gasteiger partial charge is 0.316 e. The Hall–Kier alpha value is -0.940. The van der Waals surface area contributed by atoms with Gasteiger partial charge in [0.2, 0.25) is 5.91 Å². The fourth-order valence-electron chi connectivity index (χ4n) is 2.51. The standard InChI is InChI=1S/C14H20BrN3O/c1-9(2)14(6-7-16-8-14)13(19)18-12-5-4-11(15)10(3)17-12/h4-5,9,16H,6-8H2,1-3H3,(H,17,18,19). The SMILES string of the molecule is Cc1nc(NC(=O)C2(C(C)C)CCNC2)ccc1Br. The lowest BCUT2D eigenvalue weighted by atomic mass is 9.75. The molecule has 1 aliphatic heterocycles. The molecule has 1 aromatic heterocycles. The highest BCUT2D eigenvalue weighted by molar-refractivity contribution is 9.10. The first-order chi connectivity index (χ1) is 8.95. The van der Waals surface area contributed by atoms with Crippen LogP contribution in [0, 0.1) is 18.3 Å². The topological polar surface area (TPSA) is 54.0 Å². The number of nitrogens with one attached hydrogen (secondary N) is 2. The Morgan fingerprint density at radius 2 is 2.26 bits per heavy atom. The number of rotatable bonds is 3. The third kappa shape index (κ3) is 2.82. The predicted octanol–water partition coefficient (Wildman–Crippen LogP) is 2.73. The molecule has 1 saturated heterocycles. The van der Waals surface area contributed by atoms with E-state index in [0.717, 1.165) is 29.7 Å². The Kier molecular flexibility index (Phi) is 4.26. The second-order valence-electron chi connectivity index (χ2n) is 5.46. The lowest BCUT2D eigenvalue weighted by Crippen LogP contribution is -2.42. The van der Waals surface area contributed by atoms with Gasteiger partial charge in [-0.05, 0) is 53.9 Å². The van der Waals surface area contributed by atoms with Crippen molar-refractivity contribution in [1.29, 1.82) is 0 Å². The number of hydrogen-bond acceptors (Lipinski definition) is 3. The first-order valence-electron chi connectivity index (χ1n) is 6.61. The number of aryl methyl sites for hydroxylation is 1. The minimum Gasteiger partial charge on any atom is -0.316 e. The van der Waals surface area contributed by atoms with Crippen LogP contribution in [-0.4, -0.2) is 24.0 Å². The number of aromatic nitrogens is 1.